The fourth-order valence-electron chi connectivity index (χ4n) is 3.25. The highest BCUT2D eigenvalue weighted by molar-refractivity contribution is 5.95. The molecule has 6 heteroatoms. The van der Waals surface area contributed by atoms with Gasteiger partial charge in [-0.25, -0.2) is 0 Å². The Bertz CT molecular complexity index is 750. The summed E-state index contributed by atoms with van der Waals surface area (Å²) in [4.78, 5) is 16.5. The molecule has 1 aliphatic rings. The molecule has 3 rings (SSSR count). The van der Waals surface area contributed by atoms with Crippen LogP contribution >= 0.6 is 0 Å². The maximum atomic E-state index is 12.7. The van der Waals surface area contributed by atoms with Crippen LogP contribution in [0.25, 0.3) is 0 Å². The average Bonchev–Trinajstić information content (AvgIpc) is 2.62. The van der Waals surface area contributed by atoms with Crippen LogP contribution in [0, 0.1) is 0 Å². The number of carbonyl (C=O) groups excluding carboxylic acids is 1. The number of fused-ring (bicyclic) bond motifs is 1. The number of amides is 1. The van der Waals surface area contributed by atoms with E-state index in [4.69, 9.17) is 0 Å². The topological polar surface area (TPSA) is 32.8 Å². The molecule has 0 bridgehead atoms. The third-order valence-corrected chi connectivity index (χ3v) is 4.42. The zero-order valence-corrected chi connectivity index (χ0v) is 14.7. The normalized spacial score (nSPS) is 13.8. The summed E-state index contributed by atoms with van der Waals surface area (Å²) in [6.45, 7) is -1.24. The van der Waals surface area contributed by atoms with Crippen LogP contribution in [0.4, 0.5) is 14.5 Å². The minimum absolute atomic E-state index is 0.0669. The lowest BCUT2D eigenvalue weighted by Gasteiger charge is -2.31. The van der Waals surface area contributed by atoms with Crippen molar-refractivity contribution in [3.63, 3.8) is 0 Å². The van der Waals surface area contributed by atoms with Crippen molar-refractivity contribution in [1.29, 1.82) is 0 Å². The van der Waals surface area contributed by atoms with Gasteiger partial charge in [0.15, 0.2) is 0 Å². The molecule has 2 aromatic rings. The molecule has 0 aliphatic carbocycles. The zero-order chi connectivity index (χ0) is 18.5. The number of rotatable bonds is 6. The molecule has 4 nitrogen and oxygen atoms in total. The molecule has 0 N–H and O–H groups in total. The summed E-state index contributed by atoms with van der Waals surface area (Å²) in [6.07, 6.45) is 1.97. The van der Waals surface area contributed by atoms with Crippen molar-refractivity contribution in [2.24, 2.45) is 0 Å². The zero-order valence-electron chi connectivity index (χ0n) is 14.7. The summed E-state index contributed by atoms with van der Waals surface area (Å²) in [5.74, 6) is 0.199. The second kappa shape index (κ2) is 8.27. The quantitative estimate of drug-likeness (QED) is 0.788. The maximum absolute atomic E-state index is 12.7. The molecule has 1 amide bonds. The molecule has 0 spiro atoms. The van der Waals surface area contributed by atoms with Crippen molar-refractivity contribution in [1.82, 2.24) is 4.90 Å². The Hall–Kier alpha value is -2.47. The Balaban J connectivity index is 1.58. The van der Waals surface area contributed by atoms with Crippen LogP contribution in [0.5, 0.6) is 5.75 Å². The van der Waals surface area contributed by atoms with E-state index in [0.29, 0.717) is 13.1 Å². The lowest BCUT2D eigenvalue weighted by Crippen LogP contribution is -2.41. The van der Waals surface area contributed by atoms with Gasteiger partial charge in [-0.05, 0) is 49.2 Å². The highest BCUT2D eigenvalue weighted by Gasteiger charge is 2.22. The highest BCUT2D eigenvalue weighted by atomic mass is 19.3. The SMILES string of the molecule is CN(CC(=O)N1CCCc2ccccc21)Cc1ccc(OC(F)F)cc1. The lowest BCUT2D eigenvalue weighted by molar-refractivity contribution is -0.119. The number of anilines is 1. The van der Waals surface area contributed by atoms with Gasteiger partial charge in [0.1, 0.15) is 5.75 Å². The summed E-state index contributed by atoms with van der Waals surface area (Å²) in [5.41, 5.74) is 3.15. The van der Waals surface area contributed by atoms with E-state index >= 15 is 0 Å². The molecule has 2 aromatic carbocycles. The van der Waals surface area contributed by atoms with Crippen LogP contribution < -0.4 is 9.64 Å². The molecule has 26 heavy (non-hydrogen) atoms. The summed E-state index contributed by atoms with van der Waals surface area (Å²) < 4.78 is 28.7. The van der Waals surface area contributed by atoms with Crippen LogP contribution in [-0.2, 0) is 17.8 Å². The first-order valence-electron chi connectivity index (χ1n) is 8.63. The fourth-order valence-corrected chi connectivity index (χ4v) is 3.25. The first-order chi connectivity index (χ1) is 12.5. The van der Waals surface area contributed by atoms with Gasteiger partial charge in [-0.3, -0.25) is 9.69 Å². The number of ether oxygens (including phenoxy) is 1. The molecule has 0 fully saturated rings. The van der Waals surface area contributed by atoms with E-state index < -0.39 is 6.61 Å². The van der Waals surface area contributed by atoms with Crippen molar-refractivity contribution < 1.29 is 18.3 Å². The van der Waals surface area contributed by atoms with Gasteiger partial charge in [0.05, 0.1) is 6.54 Å². The molecule has 0 aromatic heterocycles. The fraction of sp³-hybridized carbons (Fsp3) is 0.350. The van der Waals surface area contributed by atoms with Crippen LogP contribution in [0.2, 0.25) is 0 Å². The molecule has 0 unspecified atom stereocenters. The number of likely N-dealkylation sites (N-methyl/N-ethyl adjacent to an activating group) is 1. The predicted octanol–water partition coefficient (Wildman–Crippen LogP) is 3.70. The van der Waals surface area contributed by atoms with Gasteiger partial charge in [-0.2, -0.15) is 8.78 Å². The van der Waals surface area contributed by atoms with Crippen LogP contribution in [-0.4, -0.2) is 37.6 Å². The van der Waals surface area contributed by atoms with E-state index in [1.807, 2.05) is 35.0 Å². The maximum Gasteiger partial charge on any atom is 0.387 e. The molecular weight excluding hydrogens is 338 g/mol. The van der Waals surface area contributed by atoms with Gasteiger partial charge in [0, 0.05) is 18.8 Å². The van der Waals surface area contributed by atoms with E-state index in [2.05, 4.69) is 10.8 Å². The second-order valence-corrected chi connectivity index (χ2v) is 6.47. The van der Waals surface area contributed by atoms with Gasteiger partial charge >= 0.3 is 6.61 Å². The van der Waals surface area contributed by atoms with Crippen molar-refractivity contribution in [2.75, 3.05) is 25.0 Å². The number of benzene rings is 2. The van der Waals surface area contributed by atoms with E-state index in [1.54, 1.807) is 12.1 Å². The first kappa shape index (κ1) is 18.3. The summed E-state index contributed by atoms with van der Waals surface area (Å²) >= 11 is 0. The molecule has 0 atom stereocenters. The Labute approximate surface area is 152 Å². The monoisotopic (exact) mass is 360 g/mol. The van der Waals surface area contributed by atoms with Gasteiger partial charge in [-0.15, -0.1) is 0 Å². The van der Waals surface area contributed by atoms with Crippen LogP contribution in [0.1, 0.15) is 17.5 Å². The molecular formula is C20H22F2N2O2. The van der Waals surface area contributed by atoms with Crippen molar-refractivity contribution in [2.45, 2.75) is 26.0 Å². The Morgan fingerprint density at radius 3 is 2.65 bits per heavy atom. The average molecular weight is 360 g/mol. The molecule has 138 valence electrons. The number of alkyl halides is 2. The van der Waals surface area contributed by atoms with Crippen molar-refractivity contribution in [3.8, 4) is 5.75 Å². The smallest absolute Gasteiger partial charge is 0.387 e. The number of para-hydroxylation sites is 1. The summed E-state index contributed by atoms with van der Waals surface area (Å²) in [6, 6.07) is 14.5. The van der Waals surface area contributed by atoms with Gasteiger partial charge in [0.25, 0.3) is 0 Å². The molecule has 0 saturated carbocycles. The number of aryl methyl sites for hydroxylation is 1. The Kier molecular flexibility index (Phi) is 5.83. The van der Waals surface area contributed by atoms with Crippen LogP contribution in [0.15, 0.2) is 48.5 Å². The Morgan fingerprint density at radius 1 is 1.19 bits per heavy atom. The van der Waals surface area contributed by atoms with Crippen molar-refractivity contribution in [3.05, 3.63) is 59.7 Å². The third-order valence-electron chi connectivity index (χ3n) is 4.42. The molecule has 1 aliphatic heterocycles. The molecule has 0 radical (unpaired) electrons. The number of hydrogen-bond donors (Lipinski definition) is 0. The van der Waals surface area contributed by atoms with Gasteiger partial charge in [0.2, 0.25) is 5.91 Å². The molecule has 0 saturated heterocycles. The minimum atomic E-state index is -2.83. The van der Waals surface area contributed by atoms with E-state index in [0.717, 1.165) is 30.6 Å². The minimum Gasteiger partial charge on any atom is -0.435 e. The number of hydrogen-bond acceptors (Lipinski definition) is 3. The van der Waals surface area contributed by atoms with E-state index in [9.17, 15) is 13.6 Å². The molecule has 1 heterocycles. The Morgan fingerprint density at radius 2 is 1.92 bits per heavy atom. The van der Waals surface area contributed by atoms with Crippen molar-refractivity contribution >= 4 is 11.6 Å². The first-order valence-corrected chi connectivity index (χ1v) is 8.63. The third kappa shape index (κ3) is 4.58. The summed E-state index contributed by atoms with van der Waals surface area (Å²) in [5, 5.41) is 0. The van der Waals surface area contributed by atoms with Crippen LogP contribution in [0.3, 0.4) is 0 Å². The summed E-state index contributed by atoms with van der Waals surface area (Å²) in [7, 11) is 1.87. The predicted molar refractivity (Wildman–Crippen MR) is 96.5 cm³/mol. The standard InChI is InChI=1S/C20H22F2N2O2/c1-23(13-15-8-10-17(11-9-15)26-20(21)22)14-19(25)24-12-4-6-16-5-2-3-7-18(16)24/h2-3,5,7-11,20H,4,6,12-14H2,1H3. The number of nitrogens with zero attached hydrogens (tertiary/aromatic N) is 2. The lowest BCUT2D eigenvalue weighted by atomic mass is 10.0. The highest BCUT2D eigenvalue weighted by Crippen LogP contribution is 2.26. The largest absolute Gasteiger partial charge is 0.435 e. The van der Waals surface area contributed by atoms with E-state index in [1.165, 1.54) is 17.7 Å². The number of halogens is 2. The number of carbonyl (C=O) groups is 1. The van der Waals surface area contributed by atoms with E-state index in [-0.39, 0.29) is 11.7 Å². The second-order valence-electron chi connectivity index (χ2n) is 6.47. The van der Waals surface area contributed by atoms with Gasteiger partial charge < -0.3 is 9.64 Å². The van der Waals surface area contributed by atoms with Gasteiger partial charge in [-0.1, -0.05) is 30.3 Å².